The fraction of sp³-hybridized carbons (Fsp3) is 0.647. The molecular weight excluding hydrogens is 234 g/mol. The fourth-order valence-corrected chi connectivity index (χ4v) is 2.03. The Kier molecular flexibility index (Phi) is 9.17. The molecule has 0 amide bonds. The van der Waals surface area contributed by atoms with E-state index >= 15 is 0 Å². The van der Waals surface area contributed by atoms with Gasteiger partial charge in [-0.15, -0.1) is 0 Å². The Morgan fingerprint density at radius 1 is 1.00 bits per heavy atom. The van der Waals surface area contributed by atoms with Gasteiger partial charge in [0, 0.05) is 0 Å². The number of hydrogen-bond donors (Lipinski definition) is 1. The van der Waals surface area contributed by atoms with Crippen molar-refractivity contribution in [3.05, 3.63) is 29.8 Å². The van der Waals surface area contributed by atoms with E-state index in [2.05, 4.69) is 31.3 Å². The van der Waals surface area contributed by atoms with Crippen LogP contribution in [0.25, 0.3) is 0 Å². The smallest absolute Gasteiger partial charge is 0.119 e. The molecule has 2 nitrogen and oxygen atoms in total. The number of rotatable bonds is 11. The maximum Gasteiger partial charge on any atom is 0.119 e. The predicted molar refractivity (Wildman–Crippen MR) is 82.9 cm³/mol. The van der Waals surface area contributed by atoms with Crippen molar-refractivity contribution in [1.29, 1.82) is 0 Å². The Morgan fingerprint density at radius 2 is 1.79 bits per heavy atom. The summed E-state index contributed by atoms with van der Waals surface area (Å²) in [7, 11) is 0. The highest BCUT2D eigenvalue weighted by Crippen LogP contribution is 2.13. The zero-order chi connectivity index (χ0) is 13.8. The van der Waals surface area contributed by atoms with Crippen LogP contribution in [0, 0.1) is 6.92 Å². The Balaban J connectivity index is 1.89. The first-order chi connectivity index (χ1) is 9.33. The lowest BCUT2D eigenvalue weighted by molar-refractivity contribution is 0.304. The Morgan fingerprint density at radius 3 is 2.58 bits per heavy atom. The SMILES string of the molecule is CCCCNCCCCCCOc1cccc(C)c1. The topological polar surface area (TPSA) is 21.3 Å². The molecule has 0 saturated carbocycles. The predicted octanol–water partition coefficient (Wildman–Crippen LogP) is 4.32. The van der Waals surface area contributed by atoms with Crippen LogP contribution in [0.2, 0.25) is 0 Å². The summed E-state index contributed by atoms with van der Waals surface area (Å²) in [6.45, 7) is 7.51. The third kappa shape index (κ3) is 8.66. The maximum absolute atomic E-state index is 5.73. The molecule has 0 saturated heterocycles. The summed E-state index contributed by atoms with van der Waals surface area (Å²) in [5, 5.41) is 3.48. The Hall–Kier alpha value is -1.02. The van der Waals surface area contributed by atoms with Gasteiger partial charge in [0.05, 0.1) is 6.61 Å². The van der Waals surface area contributed by atoms with Crippen LogP contribution in [0.3, 0.4) is 0 Å². The molecule has 0 aliphatic carbocycles. The van der Waals surface area contributed by atoms with Crippen LogP contribution in [0.1, 0.15) is 51.0 Å². The highest BCUT2D eigenvalue weighted by atomic mass is 16.5. The van der Waals surface area contributed by atoms with Gasteiger partial charge in [-0.05, 0) is 57.0 Å². The summed E-state index contributed by atoms with van der Waals surface area (Å²) in [5.74, 6) is 1.00. The van der Waals surface area contributed by atoms with Crippen molar-refractivity contribution in [2.75, 3.05) is 19.7 Å². The van der Waals surface area contributed by atoms with Crippen LogP contribution in [-0.2, 0) is 0 Å². The van der Waals surface area contributed by atoms with Gasteiger partial charge in [-0.3, -0.25) is 0 Å². The summed E-state index contributed by atoms with van der Waals surface area (Å²) in [4.78, 5) is 0. The summed E-state index contributed by atoms with van der Waals surface area (Å²) >= 11 is 0. The van der Waals surface area contributed by atoms with Crippen molar-refractivity contribution in [3.63, 3.8) is 0 Å². The second-order valence-corrected chi connectivity index (χ2v) is 5.18. The van der Waals surface area contributed by atoms with Crippen molar-refractivity contribution in [2.45, 2.75) is 52.4 Å². The highest BCUT2D eigenvalue weighted by molar-refractivity contribution is 5.27. The molecule has 0 aromatic heterocycles. The quantitative estimate of drug-likeness (QED) is 0.600. The molecule has 0 radical (unpaired) electrons. The minimum Gasteiger partial charge on any atom is -0.494 e. The lowest BCUT2D eigenvalue weighted by atomic mass is 10.2. The van der Waals surface area contributed by atoms with Gasteiger partial charge < -0.3 is 10.1 Å². The molecule has 1 aromatic rings. The standard InChI is InChI=1S/C17H29NO/c1-3-4-12-18-13-7-5-6-8-14-19-17-11-9-10-16(2)15-17/h9-11,15,18H,3-8,12-14H2,1-2H3. The molecule has 0 bridgehead atoms. The number of aryl methyl sites for hydroxylation is 1. The van der Waals surface area contributed by atoms with E-state index in [1.165, 1.54) is 50.8 Å². The van der Waals surface area contributed by atoms with Gasteiger partial charge in [0.2, 0.25) is 0 Å². The molecular formula is C17H29NO. The first kappa shape index (κ1) is 16.0. The molecule has 1 N–H and O–H groups in total. The third-order valence-electron chi connectivity index (χ3n) is 3.21. The maximum atomic E-state index is 5.73. The second kappa shape index (κ2) is 10.9. The molecule has 0 atom stereocenters. The van der Waals surface area contributed by atoms with Gasteiger partial charge in [-0.25, -0.2) is 0 Å². The van der Waals surface area contributed by atoms with Gasteiger partial charge in [-0.1, -0.05) is 38.3 Å². The minimum absolute atomic E-state index is 0.840. The number of hydrogen-bond acceptors (Lipinski definition) is 2. The van der Waals surface area contributed by atoms with E-state index < -0.39 is 0 Å². The zero-order valence-electron chi connectivity index (χ0n) is 12.6. The van der Waals surface area contributed by atoms with E-state index in [0.717, 1.165) is 18.8 Å². The van der Waals surface area contributed by atoms with Crippen molar-refractivity contribution < 1.29 is 4.74 Å². The summed E-state index contributed by atoms with van der Waals surface area (Å²) < 4.78 is 5.73. The zero-order valence-corrected chi connectivity index (χ0v) is 12.6. The minimum atomic E-state index is 0.840. The van der Waals surface area contributed by atoms with E-state index in [9.17, 15) is 0 Å². The van der Waals surface area contributed by atoms with Gasteiger partial charge in [0.25, 0.3) is 0 Å². The first-order valence-electron chi connectivity index (χ1n) is 7.73. The molecule has 0 aliphatic rings. The van der Waals surface area contributed by atoms with E-state index in [4.69, 9.17) is 4.74 Å². The van der Waals surface area contributed by atoms with Gasteiger partial charge in [0.15, 0.2) is 0 Å². The van der Waals surface area contributed by atoms with Crippen LogP contribution < -0.4 is 10.1 Å². The Labute approximate surface area is 118 Å². The van der Waals surface area contributed by atoms with E-state index in [-0.39, 0.29) is 0 Å². The molecule has 0 aliphatic heterocycles. The first-order valence-corrected chi connectivity index (χ1v) is 7.73. The van der Waals surface area contributed by atoms with Crippen molar-refractivity contribution >= 4 is 0 Å². The van der Waals surface area contributed by atoms with Crippen LogP contribution in [0.4, 0.5) is 0 Å². The van der Waals surface area contributed by atoms with Crippen molar-refractivity contribution in [1.82, 2.24) is 5.32 Å². The number of ether oxygens (including phenoxy) is 1. The third-order valence-corrected chi connectivity index (χ3v) is 3.21. The van der Waals surface area contributed by atoms with E-state index in [1.807, 2.05) is 12.1 Å². The molecule has 1 aromatic carbocycles. The van der Waals surface area contributed by atoms with Crippen LogP contribution in [0.5, 0.6) is 5.75 Å². The Bertz CT molecular complexity index is 325. The van der Waals surface area contributed by atoms with Crippen molar-refractivity contribution in [3.8, 4) is 5.75 Å². The molecule has 0 unspecified atom stereocenters. The van der Waals surface area contributed by atoms with E-state index in [0.29, 0.717) is 0 Å². The largest absolute Gasteiger partial charge is 0.494 e. The van der Waals surface area contributed by atoms with Gasteiger partial charge >= 0.3 is 0 Å². The van der Waals surface area contributed by atoms with Crippen LogP contribution in [0.15, 0.2) is 24.3 Å². The normalized spacial score (nSPS) is 10.6. The number of unbranched alkanes of at least 4 members (excludes halogenated alkanes) is 4. The lowest BCUT2D eigenvalue weighted by Crippen LogP contribution is -2.16. The second-order valence-electron chi connectivity index (χ2n) is 5.18. The average molecular weight is 263 g/mol. The number of nitrogens with one attached hydrogen (secondary N) is 1. The number of benzene rings is 1. The molecule has 108 valence electrons. The molecule has 0 fully saturated rings. The summed E-state index contributed by atoms with van der Waals surface area (Å²) in [6, 6.07) is 8.27. The van der Waals surface area contributed by atoms with Gasteiger partial charge in [0.1, 0.15) is 5.75 Å². The molecule has 0 spiro atoms. The fourth-order valence-electron chi connectivity index (χ4n) is 2.03. The van der Waals surface area contributed by atoms with Gasteiger partial charge in [-0.2, -0.15) is 0 Å². The molecule has 19 heavy (non-hydrogen) atoms. The van der Waals surface area contributed by atoms with E-state index in [1.54, 1.807) is 0 Å². The highest BCUT2D eigenvalue weighted by Gasteiger charge is 1.94. The average Bonchev–Trinajstić information content (AvgIpc) is 2.41. The van der Waals surface area contributed by atoms with Crippen molar-refractivity contribution in [2.24, 2.45) is 0 Å². The van der Waals surface area contributed by atoms with Crippen LogP contribution >= 0.6 is 0 Å². The molecule has 1 rings (SSSR count). The summed E-state index contributed by atoms with van der Waals surface area (Å²) in [6.07, 6.45) is 7.59. The summed E-state index contributed by atoms with van der Waals surface area (Å²) in [5.41, 5.74) is 1.26. The monoisotopic (exact) mass is 263 g/mol. The molecule has 0 heterocycles. The molecule has 2 heteroatoms. The van der Waals surface area contributed by atoms with Crippen LogP contribution in [-0.4, -0.2) is 19.7 Å². The lowest BCUT2D eigenvalue weighted by Gasteiger charge is -2.07.